The SMILES string of the molecule is CCCC(C)(NC(=O)CSCc1ccc(F)cc1)C(=O)O. The van der Waals surface area contributed by atoms with Crippen molar-refractivity contribution in [3.05, 3.63) is 35.6 Å². The molecule has 21 heavy (non-hydrogen) atoms. The number of thioether (sulfide) groups is 1. The first kappa shape index (κ1) is 17.5. The van der Waals surface area contributed by atoms with E-state index in [0.717, 1.165) is 5.56 Å². The van der Waals surface area contributed by atoms with Gasteiger partial charge in [-0.1, -0.05) is 25.5 Å². The number of hydrogen-bond acceptors (Lipinski definition) is 3. The molecule has 1 rings (SSSR count). The van der Waals surface area contributed by atoms with Crippen LogP contribution in [0.4, 0.5) is 4.39 Å². The molecule has 0 saturated carbocycles. The first-order valence-electron chi connectivity index (χ1n) is 6.74. The molecule has 116 valence electrons. The van der Waals surface area contributed by atoms with Gasteiger partial charge in [0.2, 0.25) is 5.91 Å². The van der Waals surface area contributed by atoms with Gasteiger partial charge in [0.05, 0.1) is 5.75 Å². The minimum atomic E-state index is -1.22. The van der Waals surface area contributed by atoms with Gasteiger partial charge < -0.3 is 10.4 Å². The second-order valence-electron chi connectivity index (χ2n) is 5.05. The molecule has 0 aliphatic carbocycles. The molecule has 0 aliphatic rings. The lowest BCUT2D eigenvalue weighted by molar-refractivity contribution is -0.146. The molecule has 0 spiro atoms. The van der Waals surface area contributed by atoms with E-state index in [4.69, 9.17) is 0 Å². The van der Waals surface area contributed by atoms with Crippen molar-refractivity contribution in [1.82, 2.24) is 5.32 Å². The van der Waals surface area contributed by atoms with Crippen molar-refractivity contribution in [3.8, 4) is 0 Å². The number of aliphatic carboxylic acids is 1. The molecule has 0 aromatic heterocycles. The van der Waals surface area contributed by atoms with Gasteiger partial charge in [-0.3, -0.25) is 4.79 Å². The van der Waals surface area contributed by atoms with Crippen LogP contribution in [0, 0.1) is 5.82 Å². The molecule has 2 N–H and O–H groups in total. The molecule has 0 aliphatic heterocycles. The Bertz CT molecular complexity index is 492. The average molecular weight is 313 g/mol. The molecule has 6 heteroatoms. The van der Waals surface area contributed by atoms with Gasteiger partial charge in [0.15, 0.2) is 0 Å². The lowest BCUT2D eigenvalue weighted by Crippen LogP contribution is -2.52. The van der Waals surface area contributed by atoms with E-state index in [9.17, 15) is 19.1 Å². The molecule has 1 aromatic rings. The number of nitrogens with one attached hydrogen (secondary N) is 1. The molecular weight excluding hydrogens is 293 g/mol. The maximum atomic E-state index is 12.7. The summed E-state index contributed by atoms with van der Waals surface area (Å²) in [4.78, 5) is 23.0. The van der Waals surface area contributed by atoms with Crippen LogP contribution < -0.4 is 5.32 Å². The fraction of sp³-hybridized carbons (Fsp3) is 0.467. The van der Waals surface area contributed by atoms with Crippen molar-refractivity contribution in [2.75, 3.05) is 5.75 Å². The normalized spacial score (nSPS) is 13.5. The number of carboxylic acids is 1. The highest BCUT2D eigenvalue weighted by Crippen LogP contribution is 2.15. The molecule has 1 aromatic carbocycles. The third-order valence-corrected chi connectivity index (χ3v) is 4.06. The topological polar surface area (TPSA) is 66.4 Å². The maximum absolute atomic E-state index is 12.7. The number of halogens is 1. The van der Waals surface area contributed by atoms with Crippen LogP contribution in [0.2, 0.25) is 0 Å². The zero-order valence-corrected chi connectivity index (χ0v) is 13.0. The number of carbonyl (C=O) groups excluding carboxylic acids is 1. The van der Waals surface area contributed by atoms with Crippen molar-refractivity contribution in [1.29, 1.82) is 0 Å². The van der Waals surface area contributed by atoms with Gasteiger partial charge in [0.1, 0.15) is 11.4 Å². The predicted molar refractivity (Wildman–Crippen MR) is 81.7 cm³/mol. The summed E-state index contributed by atoms with van der Waals surface area (Å²) < 4.78 is 12.7. The Morgan fingerprint density at radius 2 is 1.95 bits per heavy atom. The molecule has 0 heterocycles. The van der Waals surface area contributed by atoms with Crippen molar-refractivity contribution in [2.24, 2.45) is 0 Å². The lowest BCUT2D eigenvalue weighted by atomic mass is 9.96. The smallest absolute Gasteiger partial charge is 0.329 e. The van der Waals surface area contributed by atoms with Crippen LogP contribution in [0.5, 0.6) is 0 Å². The van der Waals surface area contributed by atoms with Gasteiger partial charge in [-0.05, 0) is 31.0 Å². The monoisotopic (exact) mass is 313 g/mol. The number of carbonyl (C=O) groups is 2. The Balaban J connectivity index is 2.43. The second kappa shape index (κ2) is 8.02. The van der Waals surface area contributed by atoms with Gasteiger partial charge in [0, 0.05) is 5.75 Å². The fourth-order valence-corrected chi connectivity index (χ4v) is 2.70. The summed E-state index contributed by atoms with van der Waals surface area (Å²) in [6.45, 7) is 3.39. The van der Waals surface area contributed by atoms with E-state index < -0.39 is 11.5 Å². The van der Waals surface area contributed by atoms with E-state index >= 15 is 0 Å². The number of hydrogen-bond donors (Lipinski definition) is 2. The van der Waals surface area contributed by atoms with Gasteiger partial charge >= 0.3 is 5.97 Å². The van der Waals surface area contributed by atoms with Crippen LogP contribution in [0.1, 0.15) is 32.3 Å². The third kappa shape index (κ3) is 5.75. The minimum Gasteiger partial charge on any atom is -0.480 e. The van der Waals surface area contributed by atoms with E-state index in [2.05, 4.69) is 5.32 Å². The summed E-state index contributed by atoms with van der Waals surface area (Å²) in [6.07, 6.45) is 1.06. The Morgan fingerprint density at radius 1 is 1.33 bits per heavy atom. The van der Waals surface area contributed by atoms with Crippen LogP contribution in [-0.2, 0) is 15.3 Å². The predicted octanol–water partition coefficient (Wildman–Crippen LogP) is 2.82. The van der Waals surface area contributed by atoms with E-state index in [0.29, 0.717) is 18.6 Å². The highest BCUT2D eigenvalue weighted by molar-refractivity contribution is 7.99. The van der Waals surface area contributed by atoms with E-state index in [1.165, 1.54) is 30.8 Å². The lowest BCUT2D eigenvalue weighted by Gasteiger charge is -2.25. The number of benzene rings is 1. The molecule has 0 fully saturated rings. The summed E-state index contributed by atoms with van der Waals surface area (Å²) in [5.74, 6) is -0.880. The third-order valence-electron chi connectivity index (χ3n) is 3.05. The van der Waals surface area contributed by atoms with Crippen LogP contribution in [0.15, 0.2) is 24.3 Å². The van der Waals surface area contributed by atoms with Gasteiger partial charge in [-0.25, -0.2) is 9.18 Å². The Hall–Kier alpha value is -1.56. The quantitative estimate of drug-likeness (QED) is 0.774. The summed E-state index contributed by atoms with van der Waals surface area (Å²) in [5.41, 5.74) is -0.300. The highest BCUT2D eigenvalue weighted by Gasteiger charge is 2.33. The number of carboxylic acid groups (broad SMARTS) is 1. The largest absolute Gasteiger partial charge is 0.480 e. The number of amides is 1. The van der Waals surface area contributed by atoms with Crippen LogP contribution in [-0.4, -0.2) is 28.3 Å². The van der Waals surface area contributed by atoms with Gasteiger partial charge in [-0.2, -0.15) is 0 Å². The summed E-state index contributed by atoms with van der Waals surface area (Å²) in [5, 5.41) is 11.8. The van der Waals surface area contributed by atoms with Gasteiger partial charge in [0.25, 0.3) is 0 Å². The average Bonchev–Trinajstić information content (AvgIpc) is 2.41. The van der Waals surface area contributed by atoms with Crippen LogP contribution in [0.25, 0.3) is 0 Å². The fourth-order valence-electron chi connectivity index (χ4n) is 1.91. The van der Waals surface area contributed by atoms with E-state index in [-0.39, 0.29) is 17.5 Å². The number of rotatable bonds is 8. The second-order valence-corrected chi connectivity index (χ2v) is 6.04. The molecule has 1 unspecified atom stereocenters. The first-order valence-corrected chi connectivity index (χ1v) is 7.89. The van der Waals surface area contributed by atoms with Crippen LogP contribution in [0.3, 0.4) is 0 Å². The Labute approximate surface area is 128 Å². The molecular formula is C15H20FNO3S. The van der Waals surface area contributed by atoms with Crippen molar-refractivity contribution >= 4 is 23.6 Å². The molecule has 0 bridgehead atoms. The molecule has 4 nitrogen and oxygen atoms in total. The molecule has 0 radical (unpaired) electrons. The standard InChI is InChI=1S/C15H20FNO3S/c1-3-8-15(2,14(19)20)17-13(18)10-21-9-11-4-6-12(16)7-5-11/h4-7H,3,8-10H2,1-2H3,(H,17,18)(H,19,20). The van der Waals surface area contributed by atoms with E-state index in [1.807, 2.05) is 6.92 Å². The summed E-state index contributed by atoms with van der Waals surface area (Å²) in [7, 11) is 0. The summed E-state index contributed by atoms with van der Waals surface area (Å²) in [6, 6.07) is 6.08. The van der Waals surface area contributed by atoms with Crippen LogP contribution >= 0.6 is 11.8 Å². The molecule has 1 amide bonds. The Morgan fingerprint density at radius 3 is 2.48 bits per heavy atom. The molecule has 0 saturated heterocycles. The Kier molecular flexibility index (Phi) is 6.68. The minimum absolute atomic E-state index is 0.171. The maximum Gasteiger partial charge on any atom is 0.329 e. The van der Waals surface area contributed by atoms with Gasteiger partial charge in [-0.15, -0.1) is 11.8 Å². The van der Waals surface area contributed by atoms with Crippen molar-refractivity contribution < 1.29 is 19.1 Å². The van der Waals surface area contributed by atoms with Crippen molar-refractivity contribution in [2.45, 2.75) is 38.0 Å². The highest BCUT2D eigenvalue weighted by atomic mass is 32.2. The zero-order valence-electron chi connectivity index (χ0n) is 12.2. The zero-order chi connectivity index (χ0) is 15.9. The van der Waals surface area contributed by atoms with Crippen molar-refractivity contribution in [3.63, 3.8) is 0 Å². The first-order chi connectivity index (χ1) is 9.87. The van der Waals surface area contributed by atoms with E-state index in [1.54, 1.807) is 12.1 Å². The summed E-state index contributed by atoms with van der Waals surface area (Å²) >= 11 is 1.36. The molecule has 1 atom stereocenters.